The Hall–Kier alpha value is -0.865. The fourth-order valence-corrected chi connectivity index (χ4v) is 2.06. The largest absolute Gasteiger partial charge is 0.494 e. The van der Waals surface area contributed by atoms with Crippen molar-refractivity contribution in [3.63, 3.8) is 0 Å². The Morgan fingerprint density at radius 2 is 1.68 bits per heavy atom. The Morgan fingerprint density at radius 3 is 2.21 bits per heavy atom. The van der Waals surface area contributed by atoms with Crippen molar-refractivity contribution in [2.24, 2.45) is 10.8 Å². The molecule has 0 radical (unpaired) electrons. The summed E-state index contributed by atoms with van der Waals surface area (Å²) in [5.41, 5.74) is 0.995. The van der Waals surface area contributed by atoms with Crippen LogP contribution in [0.1, 0.15) is 34.6 Å². The molecule has 1 atom stereocenters. The number of hydrogen-bond donors (Lipinski definition) is 0. The molecule has 0 N–H and O–H groups in total. The van der Waals surface area contributed by atoms with Crippen LogP contribution in [0.15, 0.2) is 24.3 Å². The molecule has 0 saturated carbocycles. The maximum absolute atomic E-state index is 12.9. The van der Waals surface area contributed by atoms with Crippen molar-refractivity contribution >= 4 is 12.6 Å². The van der Waals surface area contributed by atoms with Gasteiger partial charge in [0.2, 0.25) is 0 Å². The summed E-state index contributed by atoms with van der Waals surface area (Å²) in [6.07, 6.45) is 0.0440. The summed E-state index contributed by atoms with van der Waals surface area (Å²) >= 11 is 0. The van der Waals surface area contributed by atoms with Gasteiger partial charge in [-0.05, 0) is 28.4 Å². The second-order valence-corrected chi connectivity index (χ2v) is 6.81. The maximum Gasteiger partial charge on any atom is 0.494 e. The molecule has 0 aliphatic carbocycles. The molecule has 1 heterocycles. The van der Waals surface area contributed by atoms with Crippen LogP contribution in [-0.2, 0) is 9.31 Å². The van der Waals surface area contributed by atoms with E-state index in [1.807, 2.05) is 0 Å². The van der Waals surface area contributed by atoms with E-state index >= 15 is 0 Å². The molecular weight excluding hydrogens is 242 g/mol. The third kappa shape index (κ3) is 2.85. The van der Waals surface area contributed by atoms with Crippen LogP contribution in [0.2, 0.25) is 0 Å². The zero-order valence-electron chi connectivity index (χ0n) is 12.4. The van der Waals surface area contributed by atoms with Gasteiger partial charge >= 0.3 is 7.12 Å². The minimum absolute atomic E-state index is 0.00177. The van der Waals surface area contributed by atoms with Crippen molar-refractivity contribution in [3.05, 3.63) is 30.1 Å². The molecule has 1 saturated heterocycles. The normalized spacial score (nSPS) is 20.9. The standard InChI is InChI=1S/C15H22BFO2/c1-14(2,3)15(4,5)13-10-18-16(19-13)11-6-8-12(17)9-7-11/h6-9,13H,10H2,1-5H3. The summed E-state index contributed by atoms with van der Waals surface area (Å²) in [6.45, 7) is 11.6. The van der Waals surface area contributed by atoms with Gasteiger partial charge in [-0.1, -0.05) is 46.8 Å². The van der Waals surface area contributed by atoms with Gasteiger partial charge in [-0.25, -0.2) is 4.39 Å². The molecule has 0 spiro atoms. The highest BCUT2D eigenvalue weighted by molar-refractivity contribution is 6.61. The lowest BCUT2D eigenvalue weighted by Gasteiger charge is -2.42. The molecule has 0 bridgehead atoms. The molecule has 2 rings (SSSR count). The van der Waals surface area contributed by atoms with E-state index in [2.05, 4.69) is 34.6 Å². The Morgan fingerprint density at radius 1 is 1.11 bits per heavy atom. The van der Waals surface area contributed by atoms with E-state index < -0.39 is 0 Å². The van der Waals surface area contributed by atoms with E-state index in [0.717, 1.165) is 5.46 Å². The average Bonchev–Trinajstić information content (AvgIpc) is 2.78. The van der Waals surface area contributed by atoms with Crippen molar-refractivity contribution in [2.75, 3.05) is 6.61 Å². The fraction of sp³-hybridized carbons (Fsp3) is 0.600. The Kier molecular flexibility index (Phi) is 3.76. The molecule has 1 aliphatic heterocycles. The smallest absolute Gasteiger partial charge is 0.405 e. The molecule has 19 heavy (non-hydrogen) atoms. The quantitative estimate of drug-likeness (QED) is 0.764. The van der Waals surface area contributed by atoms with Gasteiger partial charge in [-0.15, -0.1) is 0 Å². The van der Waals surface area contributed by atoms with Crippen LogP contribution in [0.3, 0.4) is 0 Å². The van der Waals surface area contributed by atoms with Crippen molar-refractivity contribution < 1.29 is 13.7 Å². The summed E-state index contributed by atoms with van der Waals surface area (Å²) in [5.74, 6) is -0.242. The minimum Gasteiger partial charge on any atom is -0.405 e. The second-order valence-electron chi connectivity index (χ2n) is 6.81. The molecule has 104 valence electrons. The third-order valence-electron chi connectivity index (χ3n) is 4.57. The Labute approximate surface area is 115 Å². The number of hydrogen-bond acceptors (Lipinski definition) is 2. The fourth-order valence-electron chi connectivity index (χ4n) is 2.06. The van der Waals surface area contributed by atoms with Crippen molar-refractivity contribution in [3.8, 4) is 0 Å². The van der Waals surface area contributed by atoms with Gasteiger partial charge in [0.15, 0.2) is 0 Å². The van der Waals surface area contributed by atoms with Crippen LogP contribution >= 0.6 is 0 Å². The highest BCUT2D eigenvalue weighted by atomic mass is 19.1. The first-order valence-corrected chi connectivity index (χ1v) is 6.74. The first-order valence-electron chi connectivity index (χ1n) is 6.74. The zero-order chi connectivity index (χ0) is 14.3. The Bertz CT molecular complexity index is 436. The highest BCUT2D eigenvalue weighted by Crippen LogP contribution is 2.43. The summed E-state index contributed by atoms with van der Waals surface area (Å²) < 4.78 is 24.7. The summed E-state index contributed by atoms with van der Waals surface area (Å²) in [4.78, 5) is 0. The van der Waals surface area contributed by atoms with Gasteiger partial charge in [0, 0.05) is 0 Å². The molecule has 0 amide bonds. The van der Waals surface area contributed by atoms with E-state index in [-0.39, 0.29) is 29.9 Å². The average molecular weight is 264 g/mol. The van der Waals surface area contributed by atoms with Crippen LogP contribution in [0.5, 0.6) is 0 Å². The lowest BCUT2D eigenvalue weighted by Crippen LogP contribution is -2.43. The number of benzene rings is 1. The van der Waals surface area contributed by atoms with Gasteiger partial charge in [0.25, 0.3) is 0 Å². The first kappa shape index (κ1) is 14.5. The lowest BCUT2D eigenvalue weighted by atomic mass is 9.66. The van der Waals surface area contributed by atoms with E-state index in [9.17, 15) is 4.39 Å². The number of rotatable bonds is 2. The number of halogens is 1. The molecule has 1 aromatic carbocycles. The van der Waals surface area contributed by atoms with Gasteiger partial charge in [0.05, 0.1) is 12.7 Å². The van der Waals surface area contributed by atoms with Crippen LogP contribution in [0.4, 0.5) is 4.39 Å². The van der Waals surface area contributed by atoms with E-state index in [0.29, 0.717) is 6.61 Å². The second kappa shape index (κ2) is 4.91. The minimum atomic E-state index is -0.382. The topological polar surface area (TPSA) is 18.5 Å². The van der Waals surface area contributed by atoms with Crippen LogP contribution < -0.4 is 5.46 Å². The summed E-state index contributed by atoms with van der Waals surface area (Å²) in [5, 5.41) is 0. The SMILES string of the molecule is CC(C)(C)C(C)(C)C1COB(c2ccc(F)cc2)O1. The van der Waals surface area contributed by atoms with Crippen LogP contribution in [0, 0.1) is 16.6 Å². The third-order valence-corrected chi connectivity index (χ3v) is 4.57. The van der Waals surface area contributed by atoms with Crippen LogP contribution in [-0.4, -0.2) is 19.8 Å². The van der Waals surface area contributed by atoms with Crippen molar-refractivity contribution in [2.45, 2.75) is 40.7 Å². The Balaban J connectivity index is 2.10. The monoisotopic (exact) mass is 264 g/mol. The molecule has 4 heteroatoms. The molecule has 1 unspecified atom stereocenters. The lowest BCUT2D eigenvalue weighted by molar-refractivity contribution is 0.000307. The summed E-state index contributed by atoms with van der Waals surface area (Å²) in [7, 11) is -0.382. The van der Waals surface area contributed by atoms with Gasteiger partial charge in [-0.3, -0.25) is 0 Å². The first-order chi connectivity index (χ1) is 8.72. The zero-order valence-corrected chi connectivity index (χ0v) is 12.4. The molecule has 1 aromatic rings. The highest BCUT2D eigenvalue weighted by Gasteiger charge is 2.46. The predicted octanol–water partition coefficient (Wildman–Crippen LogP) is 3.01. The maximum atomic E-state index is 12.9. The molecule has 1 fully saturated rings. The van der Waals surface area contributed by atoms with Crippen molar-refractivity contribution in [1.82, 2.24) is 0 Å². The van der Waals surface area contributed by atoms with Gasteiger partial charge in [-0.2, -0.15) is 0 Å². The van der Waals surface area contributed by atoms with Gasteiger partial charge < -0.3 is 9.31 Å². The summed E-state index contributed by atoms with van der Waals surface area (Å²) in [6, 6.07) is 6.30. The van der Waals surface area contributed by atoms with E-state index in [1.165, 1.54) is 12.1 Å². The van der Waals surface area contributed by atoms with E-state index in [1.54, 1.807) is 12.1 Å². The van der Waals surface area contributed by atoms with E-state index in [4.69, 9.17) is 9.31 Å². The molecule has 2 nitrogen and oxygen atoms in total. The van der Waals surface area contributed by atoms with Gasteiger partial charge in [0.1, 0.15) is 5.82 Å². The molecule has 1 aliphatic rings. The van der Waals surface area contributed by atoms with Crippen LogP contribution in [0.25, 0.3) is 0 Å². The van der Waals surface area contributed by atoms with Crippen molar-refractivity contribution in [1.29, 1.82) is 0 Å². The molecule has 0 aromatic heterocycles. The molecular formula is C15H22BFO2. The predicted molar refractivity (Wildman–Crippen MR) is 75.8 cm³/mol.